The summed E-state index contributed by atoms with van der Waals surface area (Å²) in [6.45, 7) is 5.44. The molecule has 1 atom stereocenters. The maximum Gasteiger partial charge on any atom is 0.234 e. The molecule has 5 heteroatoms. The third kappa shape index (κ3) is 7.53. The topological polar surface area (TPSA) is 74.2 Å². The number of hydrogen-bond acceptors (Lipinski definition) is 4. The summed E-state index contributed by atoms with van der Waals surface area (Å²) in [4.78, 5) is 11.0. The highest BCUT2D eigenvalue weighted by Gasteiger charge is 2.02. The molecule has 0 saturated carbocycles. The van der Waals surface area contributed by atoms with Crippen LogP contribution in [0.4, 0.5) is 0 Å². The lowest BCUT2D eigenvalue weighted by Crippen LogP contribution is -2.37. The molecule has 0 bridgehead atoms. The summed E-state index contributed by atoms with van der Waals surface area (Å²) in [6, 6.07) is 1.83. The van der Waals surface area contributed by atoms with E-state index < -0.39 is 0 Å². The van der Waals surface area contributed by atoms with Crippen molar-refractivity contribution in [2.24, 2.45) is 0 Å². The lowest BCUT2D eigenvalue weighted by atomic mass is 10.4. The molecule has 1 unspecified atom stereocenters. The van der Waals surface area contributed by atoms with Crippen LogP contribution in [0.1, 0.15) is 13.8 Å². The molecule has 0 fully saturated rings. The highest BCUT2D eigenvalue weighted by atomic mass is 16.5. The first-order chi connectivity index (χ1) is 6.70. The maximum atomic E-state index is 11.0. The minimum atomic E-state index is -0.171. The number of ether oxygens (including phenoxy) is 1. The van der Waals surface area contributed by atoms with E-state index in [1.165, 1.54) is 0 Å². The van der Waals surface area contributed by atoms with Gasteiger partial charge in [-0.1, -0.05) is 0 Å². The zero-order chi connectivity index (χ0) is 10.8. The SMILES string of the molecule is CCOC(C)CNCC(=O)NCC#N. The quantitative estimate of drug-likeness (QED) is 0.549. The Morgan fingerprint density at radius 2 is 2.36 bits per heavy atom. The first-order valence-corrected chi connectivity index (χ1v) is 4.66. The Balaban J connectivity index is 3.35. The molecule has 0 rings (SSSR count). The smallest absolute Gasteiger partial charge is 0.234 e. The van der Waals surface area contributed by atoms with Crippen molar-refractivity contribution in [1.82, 2.24) is 10.6 Å². The van der Waals surface area contributed by atoms with Crippen molar-refractivity contribution >= 4 is 5.91 Å². The number of nitrogens with zero attached hydrogens (tertiary/aromatic N) is 1. The fourth-order valence-electron chi connectivity index (χ4n) is 0.933. The van der Waals surface area contributed by atoms with Gasteiger partial charge in [-0.3, -0.25) is 4.79 Å². The number of carbonyl (C=O) groups is 1. The molecule has 0 aliphatic rings. The Labute approximate surface area is 84.4 Å². The Bertz CT molecular complexity index is 201. The van der Waals surface area contributed by atoms with E-state index in [1.807, 2.05) is 19.9 Å². The van der Waals surface area contributed by atoms with Gasteiger partial charge in [-0.15, -0.1) is 0 Å². The lowest BCUT2D eigenvalue weighted by Gasteiger charge is -2.11. The van der Waals surface area contributed by atoms with Crippen LogP contribution >= 0.6 is 0 Å². The molecule has 0 aliphatic heterocycles. The van der Waals surface area contributed by atoms with Crippen molar-refractivity contribution < 1.29 is 9.53 Å². The van der Waals surface area contributed by atoms with E-state index in [0.717, 1.165) is 0 Å². The molecule has 0 saturated heterocycles. The van der Waals surface area contributed by atoms with Crippen molar-refractivity contribution in [3.05, 3.63) is 0 Å². The summed E-state index contributed by atoms with van der Waals surface area (Å²) in [6.07, 6.45) is 0.101. The molecule has 14 heavy (non-hydrogen) atoms. The van der Waals surface area contributed by atoms with Gasteiger partial charge >= 0.3 is 0 Å². The van der Waals surface area contributed by atoms with Gasteiger partial charge in [-0.25, -0.2) is 0 Å². The molecule has 0 radical (unpaired) electrons. The third-order valence-corrected chi connectivity index (χ3v) is 1.53. The summed E-state index contributed by atoms with van der Waals surface area (Å²) in [5.74, 6) is -0.171. The highest BCUT2D eigenvalue weighted by Crippen LogP contribution is 1.86. The molecule has 5 nitrogen and oxygen atoms in total. The number of carbonyl (C=O) groups excluding carboxylic acids is 1. The lowest BCUT2D eigenvalue weighted by molar-refractivity contribution is -0.120. The highest BCUT2D eigenvalue weighted by molar-refractivity contribution is 5.78. The molecular weight excluding hydrogens is 182 g/mol. The van der Waals surface area contributed by atoms with Crippen molar-refractivity contribution in [1.29, 1.82) is 5.26 Å². The number of nitrogens with one attached hydrogen (secondary N) is 2. The van der Waals surface area contributed by atoms with Crippen LogP contribution in [-0.2, 0) is 9.53 Å². The normalized spacial score (nSPS) is 11.8. The van der Waals surface area contributed by atoms with Gasteiger partial charge in [0, 0.05) is 13.2 Å². The monoisotopic (exact) mass is 199 g/mol. The molecule has 80 valence electrons. The fraction of sp³-hybridized carbons (Fsp3) is 0.778. The third-order valence-electron chi connectivity index (χ3n) is 1.53. The number of rotatable bonds is 7. The molecule has 0 spiro atoms. The minimum absolute atomic E-state index is 0.0571. The zero-order valence-electron chi connectivity index (χ0n) is 8.67. The van der Waals surface area contributed by atoms with Crippen LogP contribution in [0.2, 0.25) is 0 Å². The fourth-order valence-corrected chi connectivity index (χ4v) is 0.933. The van der Waals surface area contributed by atoms with E-state index in [0.29, 0.717) is 13.2 Å². The Hall–Kier alpha value is -1.12. The van der Waals surface area contributed by atoms with E-state index in [-0.39, 0.29) is 25.1 Å². The Kier molecular flexibility index (Phi) is 7.80. The number of amides is 1. The van der Waals surface area contributed by atoms with Gasteiger partial charge in [0.1, 0.15) is 6.54 Å². The zero-order valence-corrected chi connectivity index (χ0v) is 8.67. The van der Waals surface area contributed by atoms with Crippen molar-refractivity contribution in [2.45, 2.75) is 20.0 Å². The standard InChI is InChI=1S/C9H17N3O2/c1-3-14-8(2)6-11-7-9(13)12-5-4-10/h8,11H,3,5-7H2,1-2H3,(H,12,13). The van der Waals surface area contributed by atoms with Gasteiger partial charge in [0.05, 0.1) is 18.7 Å². The van der Waals surface area contributed by atoms with Crippen molar-refractivity contribution in [3.8, 4) is 6.07 Å². The molecule has 0 heterocycles. The Morgan fingerprint density at radius 1 is 1.64 bits per heavy atom. The van der Waals surface area contributed by atoms with Gasteiger partial charge in [0.15, 0.2) is 0 Å². The van der Waals surface area contributed by atoms with Crippen LogP contribution in [0.3, 0.4) is 0 Å². The van der Waals surface area contributed by atoms with Crippen molar-refractivity contribution in [3.63, 3.8) is 0 Å². The largest absolute Gasteiger partial charge is 0.377 e. The summed E-state index contributed by atoms with van der Waals surface area (Å²) in [5.41, 5.74) is 0. The van der Waals surface area contributed by atoms with Crippen LogP contribution < -0.4 is 10.6 Å². The second kappa shape index (κ2) is 8.48. The molecule has 1 amide bonds. The molecule has 0 aromatic heterocycles. The summed E-state index contributed by atoms with van der Waals surface area (Å²) in [5, 5.41) is 13.6. The molecule has 0 aliphatic carbocycles. The van der Waals surface area contributed by atoms with E-state index in [9.17, 15) is 4.79 Å². The Morgan fingerprint density at radius 3 is 2.93 bits per heavy atom. The maximum absolute atomic E-state index is 11.0. The summed E-state index contributed by atoms with van der Waals surface area (Å²) >= 11 is 0. The van der Waals surface area contributed by atoms with Gasteiger partial charge in [0.25, 0.3) is 0 Å². The van der Waals surface area contributed by atoms with Crippen LogP contribution in [0.25, 0.3) is 0 Å². The minimum Gasteiger partial charge on any atom is -0.377 e. The number of nitriles is 1. The average Bonchev–Trinajstić information content (AvgIpc) is 2.15. The summed E-state index contributed by atoms with van der Waals surface area (Å²) in [7, 11) is 0. The van der Waals surface area contributed by atoms with Gasteiger partial charge < -0.3 is 15.4 Å². The average molecular weight is 199 g/mol. The molecule has 0 aromatic carbocycles. The van der Waals surface area contributed by atoms with Gasteiger partial charge in [0.2, 0.25) is 5.91 Å². The first kappa shape index (κ1) is 12.9. The second-order valence-corrected chi connectivity index (χ2v) is 2.83. The molecular formula is C9H17N3O2. The number of hydrogen-bond donors (Lipinski definition) is 2. The second-order valence-electron chi connectivity index (χ2n) is 2.83. The van der Waals surface area contributed by atoms with Gasteiger partial charge in [-0.2, -0.15) is 5.26 Å². The molecule has 2 N–H and O–H groups in total. The van der Waals surface area contributed by atoms with E-state index in [1.54, 1.807) is 0 Å². The first-order valence-electron chi connectivity index (χ1n) is 4.66. The predicted molar refractivity (Wildman–Crippen MR) is 52.6 cm³/mol. The van der Waals surface area contributed by atoms with E-state index in [2.05, 4.69) is 10.6 Å². The van der Waals surface area contributed by atoms with Crippen LogP contribution in [0.15, 0.2) is 0 Å². The summed E-state index contributed by atoms with van der Waals surface area (Å²) < 4.78 is 5.26. The van der Waals surface area contributed by atoms with E-state index >= 15 is 0 Å². The van der Waals surface area contributed by atoms with E-state index in [4.69, 9.17) is 10.00 Å². The van der Waals surface area contributed by atoms with Crippen molar-refractivity contribution in [2.75, 3.05) is 26.2 Å². The van der Waals surface area contributed by atoms with Crippen LogP contribution in [0.5, 0.6) is 0 Å². The predicted octanol–water partition coefficient (Wildman–Crippen LogP) is -0.359. The van der Waals surface area contributed by atoms with Crippen LogP contribution in [0, 0.1) is 11.3 Å². The molecule has 0 aromatic rings. The van der Waals surface area contributed by atoms with Crippen LogP contribution in [-0.4, -0.2) is 38.3 Å². The van der Waals surface area contributed by atoms with Gasteiger partial charge in [-0.05, 0) is 13.8 Å².